The van der Waals surface area contributed by atoms with Crippen LogP contribution in [0.4, 0.5) is 5.88 Å². The predicted molar refractivity (Wildman–Crippen MR) is 82.4 cm³/mol. The largest absolute Gasteiger partial charge is 0.367 e. The van der Waals surface area contributed by atoms with E-state index in [0.717, 1.165) is 0 Å². The molecule has 0 radical (unpaired) electrons. The van der Waals surface area contributed by atoms with Gasteiger partial charge in [-0.05, 0) is 18.2 Å². The second-order valence-electron chi connectivity index (χ2n) is 4.31. The van der Waals surface area contributed by atoms with E-state index in [1.807, 2.05) is 0 Å². The van der Waals surface area contributed by atoms with Crippen LogP contribution in [0.2, 0.25) is 10.0 Å². The van der Waals surface area contributed by atoms with E-state index in [2.05, 4.69) is 10.1 Å². The summed E-state index contributed by atoms with van der Waals surface area (Å²) < 4.78 is 5.06. The molecule has 0 bridgehead atoms. The average molecular weight is 322 g/mol. The SMILES string of the molecule is Nc1onc(-c2ccc(=O)[nH]c2)c1-c1c(Cl)cccc1Cl. The number of halogens is 2. The van der Waals surface area contributed by atoms with Gasteiger partial charge in [-0.15, -0.1) is 0 Å². The van der Waals surface area contributed by atoms with Crippen LogP contribution in [-0.4, -0.2) is 10.1 Å². The van der Waals surface area contributed by atoms with Crippen molar-refractivity contribution in [3.63, 3.8) is 0 Å². The van der Waals surface area contributed by atoms with Gasteiger partial charge in [-0.2, -0.15) is 0 Å². The number of rotatable bonds is 2. The number of H-pyrrole nitrogens is 1. The van der Waals surface area contributed by atoms with Crippen LogP contribution in [0, 0.1) is 0 Å². The van der Waals surface area contributed by atoms with Gasteiger partial charge in [-0.1, -0.05) is 34.4 Å². The van der Waals surface area contributed by atoms with Crippen molar-refractivity contribution in [3.8, 4) is 22.4 Å². The van der Waals surface area contributed by atoms with E-state index in [-0.39, 0.29) is 11.4 Å². The third-order valence-electron chi connectivity index (χ3n) is 2.99. The summed E-state index contributed by atoms with van der Waals surface area (Å²) in [5.74, 6) is 0.103. The summed E-state index contributed by atoms with van der Waals surface area (Å²) in [5, 5.41) is 4.80. The highest BCUT2D eigenvalue weighted by Gasteiger charge is 2.21. The minimum Gasteiger partial charge on any atom is -0.367 e. The van der Waals surface area contributed by atoms with Crippen LogP contribution in [0.3, 0.4) is 0 Å². The fraction of sp³-hybridized carbons (Fsp3) is 0. The molecule has 3 rings (SSSR count). The quantitative estimate of drug-likeness (QED) is 0.755. The third kappa shape index (κ3) is 2.41. The molecular formula is C14H9Cl2N3O2. The van der Waals surface area contributed by atoms with Crippen LogP contribution >= 0.6 is 23.2 Å². The van der Waals surface area contributed by atoms with Crippen LogP contribution in [0.25, 0.3) is 22.4 Å². The highest BCUT2D eigenvalue weighted by Crippen LogP contribution is 2.42. The number of hydrogen-bond acceptors (Lipinski definition) is 4. The fourth-order valence-electron chi connectivity index (χ4n) is 2.04. The van der Waals surface area contributed by atoms with E-state index in [1.165, 1.54) is 12.3 Å². The van der Waals surface area contributed by atoms with Gasteiger partial charge in [0.2, 0.25) is 11.4 Å². The second kappa shape index (κ2) is 5.27. The van der Waals surface area contributed by atoms with Gasteiger partial charge in [-0.3, -0.25) is 4.79 Å². The molecule has 0 fully saturated rings. The van der Waals surface area contributed by atoms with Gasteiger partial charge in [0.05, 0.1) is 15.6 Å². The molecule has 0 spiro atoms. The Labute approximate surface area is 129 Å². The standard InChI is InChI=1S/C14H9Cl2N3O2/c15-8-2-1-3-9(16)11(8)12-13(19-21-14(12)17)7-4-5-10(20)18-6-7/h1-6H,17H2,(H,18,20). The summed E-state index contributed by atoms with van der Waals surface area (Å²) >= 11 is 12.4. The number of nitrogen functional groups attached to an aromatic ring is 1. The van der Waals surface area contributed by atoms with Gasteiger partial charge in [-0.25, -0.2) is 0 Å². The number of nitrogens with zero attached hydrogens (tertiary/aromatic N) is 1. The number of aromatic amines is 1. The first-order chi connectivity index (χ1) is 10.1. The number of nitrogens with two attached hydrogens (primary N) is 1. The van der Waals surface area contributed by atoms with Crippen molar-refractivity contribution < 1.29 is 4.52 Å². The first-order valence-electron chi connectivity index (χ1n) is 5.96. The lowest BCUT2D eigenvalue weighted by atomic mass is 10.0. The van der Waals surface area contributed by atoms with Gasteiger partial charge in [0.1, 0.15) is 5.69 Å². The van der Waals surface area contributed by atoms with Crippen LogP contribution in [0.5, 0.6) is 0 Å². The highest BCUT2D eigenvalue weighted by molar-refractivity contribution is 6.39. The second-order valence-corrected chi connectivity index (χ2v) is 5.12. The van der Waals surface area contributed by atoms with Gasteiger partial charge >= 0.3 is 0 Å². The first kappa shape index (κ1) is 13.7. The Morgan fingerprint density at radius 3 is 2.43 bits per heavy atom. The van der Waals surface area contributed by atoms with Gasteiger partial charge in [0.25, 0.3) is 0 Å². The Bertz CT molecular complexity index is 830. The highest BCUT2D eigenvalue weighted by atomic mass is 35.5. The van der Waals surface area contributed by atoms with E-state index in [9.17, 15) is 4.79 Å². The number of hydrogen-bond donors (Lipinski definition) is 2. The lowest BCUT2D eigenvalue weighted by molar-refractivity contribution is 0.439. The zero-order valence-corrected chi connectivity index (χ0v) is 12.1. The minimum atomic E-state index is -0.215. The maximum Gasteiger partial charge on any atom is 0.247 e. The van der Waals surface area contributed by atoms with Crippen molar-refractivity contribution in [2.75, 3.05) is 5.73 Å². The van der Waals surface area contributed by atoms with Crippen LogP contribution in [-0.2, 0) is 0 Å². The lowest BCUT2D eigenvalue weighted by Crippen LogP contribution is -2.01. The third-order valence-corrected chi connectivity index (χ3v) is 3.62. The van der Waals surface area contributed by atoms with E-state index in [1.54, 1.807) is 24.3 Å². The van der Waals surface area contributed by atoms with Gasteiger partial charge < -0.3 is 15.2 Å². The summed E-state index contributed by atoms with van der Waals surface area (Å²) in [6.07, 6.45) is 1.52. The number of aromatic nitrogens is 2. The monoisotopic (exact) mass is 321 g/mol. The molecule has 5 nitrogen and oxygen atoms in total. The molecule has 0 aliphatic heterocycles. The Kier molecular flexibility index (Phi) is 3.45. The number of anilines is 1. The summed E-state index contributed by atoms with van der Waals surface area (Å²) in [6.45, 7) is 0. The maximum atomic E-state index is 11.2. The molecule has 3 aromatic rings. The summed E-state index contributed by atoms with van der Waals surface area (Å²) in [5.41, 5.74) is 7.78. The van der Waals surface area contributed by atoms with Crippen LogP contribution < -0.4 is 11.3 Å². The molecule has 0 amide bonds. The van der Waals surface area contributed by atoms with E-state index < -0.39 is 0 Å². The maximum absolute atomic E-state index is 11.2. The van der Waals surface area contributed by atoms with Crippen LogP contribution in [0.1, 0.15) is 0 Å². The molecule has 0 aliphatic rings. The molecule has 0 saturated heterocycles. The van der Waals surface area contributed by atoms with Gasteiger partial charge in [0, 0.05) is 23.4 Å². The number of pyridine rings is 1. The van der Waals surface area contributed by atoms with Crippen molar-refractivity contribution >= 4 is 29.1 Å². The molecule has 1 aromatic carbocycles. The summed E-state index contributed by atoms with van der Waals surface area (Å²) in [6, 6.07) is 8.14. The molecule has 3 N–H and O–H groups in total. The topological polar surface area (TPSA) is 84.9 Å². The Morgan fingerprint density at radius 2 is 1.81 bits per heavy atom. The molecule has 0 aliphatic carbocycles. The minimum absolute atomic E-state index is 0.103. The van der Waals surface area contributed by atoms with E-state index >= 15 is 0 Å². The molecule has 2 heterocycles. The molecule has 0 saturated carbocycles. The number of benzene rings is 1. The summed E-state index contributed by atoms with van der Waals surface area (Å²) in [4.78, 5) is 13.7. The van der Waals surface area contributed by atoms with Crippen molar-refractivity contribution in [2.24, 2.45) is 0 Å². The van der Waals surface area contributed by atoms with Crippen molar-refractivity contribution in [2.45, 2.75) is 0 Å². The molecule has 106 valence electrons. The zero-order chi connectivity index (χ0) is 15.0. The lowest BCUT2D eigenvalue weighted by Gasteiger charge is -2.07. The Morgan fingerprint density at radius 1 is 1.10 bits per heavy atom. The predicted octanol–water partition coefficient (Wildman–Crippen LogP) is 3.59. The number of nitrogens with one attached hydrogen (secondary N) is 1. The first-order valence-corrected chi connectivity index (χ1v) is 6.72. The van der Waals surface area contributed by atoms with Crippen molar-refractivity contribution in [1.29, 1.82) is 0 Å². The fourth-order valence-corrected chi connectivity index (χ4v) is 2.62. The van der Waals surface area contributed by atoms with Crippen LogP contribution in [0.15, 0.2) is 45.8 Å². The van der Waals surface area contributed by atoms with Gasteiger partial charge in [0.15, 0.2) is 0 Å². The Balaban J connectivity index is 2.27. The summed E-state index contributed by atoms with van der Waals surface area (Å²) in [7, 11) is 0. The molecule has 0 unspecified atom stereocenters. The molecule has 7 heteroatoms. The average Bonchev–Trinajstić information content (AvgIpc) is 2.82. The van der Waals surface area contributed by atoms with E-state index in [4.69, 9.17) is 33.5 Å². The molecule has 2 aromatic heterocycles. The van der Waals surface area contributed by atoms with Crippen molar-refractivity contribution in [1.82, 2.24) is 10.1 Å². The molecule has 21 heavy (non-hydrogen) atoms. The Hall–Kier alpha value is -2.24. The van der Waals surface area contributed by atoms with Crippen molar-refractivity contribution in [3.05, 3.63) is 56.9 Å². The smallest absolute Gasteiger partial charge is 0.247 e. The zero-order valence-electron chi connectivity index (χ0n) is 10.6. The molecule has 0 atom stereocenters. The normalized spacial score (nSPS) is 10.8. The molecular weight excluding hydrogens is 313 g/mol. The van der Waals surface area contributed by atoms with E-state index in [0.29, 0.717) is 32.4 Å².